The van der Waals surface area contributed by atoms with Crippen molar-refractivity contribution in [1.82, 2.24) is 14.3 Å². The summed E-state index contributed by atoms with van der Waals surface area (Å²) < 4.78 is 3.23. The van der Waals surface area contributed by atoms with E-state index < -0.39 is 6.03 Å². The van der Waals surface area contributed by atoms with Crippen LogP contribution in [-0.4, -0.2) is 20.4 Å². The fourth-order valence-electron chi connectivity index (χ4n) is 2.14. The number of hydrogen-bond acceptors (Lipinski definition) is 2. The maximum Gasteiger partial charge on any atom is 0.324 e. The quantitative estimate of drug-likeness (QED) is 0.615. The number of fused-ring (bicyclic) bond motifs is 3. The lowest BCUT2D eigenvalue weighted by atomic mass is 10.2. The highest BCUT2D eigenvalue weighted by Crippen LogP contribution is 2.27. The number of carbonyl (C=O) groups is 1. The zero-order valence-corrected chi connectivity index (χ0v) is 8.71. The van der Waals surface area contributed by atoms with Crippen LogP contribution in [-0.2, 0) is 7.05 Å². The summed E-state index contributed by atoms with van der Waals surface area (Å²) in [6.45, 7) is 0. The van der Waals surface area contributed by atoms with Gasteiger partial charge in [0.1, 0.15) is 0 Å². The summed E-state index contributed by atoms with van der Waals surface area (Å²) in [4.78, 5) is 11.4. The smallest absolute Gasteiger partial charge is 0.324 e. The Morgan fingerprint density at radius 3 is 2.81 bits per heavy atom. The maximum absolute atomic E-state index is 11.4. The maximum atomic E-state index is 11.4. The molecule has 0 atom stereocenters. The van der Waals surface area contributed by atoms with Gasteiger partial charge in [-0.25, -0.2) is 4.79 Å². The second-order valence-corrected chi connectivity index (χ2v) is 3.69. The molecule has 0 aliphatic rings. The average Bonchev–Trinajstić information content (AvgIpc) is 2.76. The minimum atomic E-state index is -0.487. The van der Waals surface area contributed by atoms with E-state index in [4.69, 9.17) is 5.73 Å². The first kappa shape index (κ1) is 8.96. The lowest BCUT2D eigenvalue weighted by Gasteiger charge is -1.98. The molecule has 0 unspecified atom stereocenters. The lowest BCUT2D eigenvalue weighted by molar-refractivity contribution is 0.252. The number of primary amides is 1. The Morgan fingerprint density at radius 2 is 2.06 bits per heavy atom. The molecule has 2 N–H and O–H groups in total. The van der Waals surface area contributed by atoms with Gasteiger partial charge in [-0.3, -0.25) is 9.25 Å². The molecular formula is C11H10N4O. The van der Waals surface area contributed by atoms with Crippen LogP contribution < -0.4 is 5.73 Å². The molecule has 0 aliphatic heterocycles. The van der Waals surface area contributed by atoms with Crippen molar-refractivity contribution in [3.63, 3.8) is 0 Å². The minimum absolute atomic E-state index is 0.487. The number of aryl methyl sites for hydroxylation is 1. The molecule has 0 fully saturated rings. The number of nitrogens with two attached hydrogens (primary N) is 1. The van der Waals surface area contributed by atoms with Gasteiger partial charge in [0, 0.05) is 12.4 Å². The molecule has 5 heteroatoms. The second kappa shape index (κ2) is 2.85. The molecule has 0 bridgehead atoms. The van der Waals surface area contributed by atoms with Crippen LogP contribution in [0.15, 0.2) is 30.5 Å². The third kappa shape index (κ3) is 0.942. The summed E-state index contributed by atoms with van der Waals surface area (Å²) in [5.74, 6) is 0. The van der Waals surface area contributed by atoms with Crippen LogP contribution in [0.2, 0.25) is 0 Å². The van der Waals surface area contributed by atoms with Gasteiger partial charge in [-0.05, 0) is 6.07 Å². The van der Waals surface area contributed by atoms with Crippen molar-refractivity contribution >= 4 is 28.0 Å². The fraction of sp³-hybridized carbons (Fsp3) is 0.0909. The van der Waals surface area contributed by atoms with Gasteiger partial charge in [-0.15, -0.1) is 0 Å². The molecule has 2 heterocycles. The lowest BCUT2D eigenvalue weighted by Crippen LogP contribution is -2.18. The van der Waals surface area contributed by atoms with Gasteiger partial charge in [0.25, 0.3) is 0 Å². The van der Waals surface area contributed by atoms with E-state index in [9.17, 15) is 4.79 Å². The third-order valence-electron chi connectivity index (χ3n) is 2.78. The SMILES string of the molecule is Cn1ncc2c1c1ccccc1n2C(N)=O. The van der Waals surface area contributed by atoms with E-state index in [1.54, 1.807) is 10.9 Å². The Bertz CT molecular complexity index is 707. The molecule has 1 amide bonds. The van der Waals surface area contributed by atoms with Crippen LogP contribution in [0.4, 0.5) is 4.79 Å². The largest absolute Gasteiger partial charge is 0.351 e. The molecule has 1 aromatic carbocycles. The van der Waals surface area contributed by atoms with Crippen LogP contribution >= 0.6 is 0 Å². The molecule has 2 aromatic heterocycles. The highest BCUT2D eigenvalue weighted by molar-refractivity contribution is 6.11. The molecule has 0 spiro atoms. The van der Waals surface area contributed by atoms with Crippen LogP contribution in [0.1, 0.15) is 0 Å². The van der Waals surface area contributed by atoms with Gasteiger partial charge >= 0.3 is 6.03 Å². The molecule has 5 nitrogen and oxygen atoms in total. The van der Waals surface area contributed by atoms with Crippen molar-refractivity contribution in [2.45, 2.75) is 0 Å². The Labute approximate surface area is 91.1 Å². The molecule has 3 rings (SSSR count). The van der Waals surface area contributed by atoms with E-state index in [1.807, 2.05) is 31.3 Å². The second-order valence-electron chi connectivity index (χ2n) is 3.69. The molecule has 0 saturated carbocycles. The zero-order valence-electron chi connectivity index (χ0n) is 8.71. The van der Waals surface area contributed by atoms with Crippen molar-refractivity contribution in [3.05, 3.63) is 30.5 Å². The summed E-state index contributed by atoms with van der Waals surface area (Å²) in [6, 6.07) is 7.16. The number of carbonyl (C=O) groups excluding carboxylic acids is 1. The summed E-state index contributed by atoms with van der Waals surface area (Å²) in [5.41, 5.74) is 7.88. The predicted octanol–water partition coefficient (Wildman–Crippen LogP) is 1.45. The molecule has 3 aromatic rings. The first-order chi connectivity index (χ1) is 7.70. The van der Waals surface area contributed by atoms with Gasteiger partial charge < -0.3 is 5.73 Å². The summed E-state index contributed by atoms with van der Waals surface area (Å²) in [6.07, 6.45) is 1.65. The van der Waals surface area contributed by atoms with E-state index >= 15 is 0 Å². The number of amides is 1. The molecule has 0 aliphatic carbocycles. The molecule has 0 saturated heterocycles. The molecular weight excluding hydrogens is 204 g/mol. The highest BCUT2D eigenvalue weighted by Gasteiger charge is 2.16. The number of benzene rings is 1. The number of rotatable bonds is 0. The fourth-order valence-corrected chi connectivity index (χ4v) is 2.14. The van der Waals surface area contributed by atoms with E-state index in [1.165, 1.54) is 4.57 Å². The van der Waals surface area contributed by atoms with E-state index in [-0.39, 0.29) is 0 Å². The summed E-state index contributed by atoms with van der Waals surface area (Å²) in [7, 11) is 1.85. The molecule has 80 valence electrons. The number of nitrogens with zero attached hydrogens (tertiary/aromatic N) is 3. The third-order valence-corrected chi connectivity index (χ3v) is 2.78. The Morgan fingerprint density at radius 1 is 1.31 bits per heavy atom. The van der Waals surface area contributed by atoms with Crippen LogP contribution in [0.5, 0.6) is 0 Å². The Hall–Kier alpha value is -2.30. The first-order valence-electron chi connectivity index (χ1n) is 4.91. The topological polar surface area (TPSA) is 65.8 Å². The summed E-state index contributed by atoms with van der Waals surface area (Å²) in [5, 5.41) is 5.12. The van der Waals surface area contributed by atoms with Gasteiger partial charge in [0.15, 0.2) is 0 Å². The van der Waals surface area contributed by atoms with Crippen molar-refractivity contribution < 1.29 is 4.79 Å². The van der Waals surface area contributed by atoms with Crippen LogP contribution in [0.3, 0.4) is 0 Å². The van der Waals surface area contributed by atoms with Crippen molar-refractivity contribution in [2.75, 3.05) is 0 Å². The normalized spacial score (nSPS) is 11.3. The zero-order chi connectivity index (χ0) is 11.3. The Kier molecular flexibility index (Phi) is 1.60. The number of para-hydroxylation sites is 1. The van der Waals surface area contributed by atoms with E-state index in [0.29, 0.717) is 0 Å². The van der Waals surface area contributed by atoms with Crippen molar-refractivity contribution in [2.24, 2.45) is 12.8 Å². The van der Waals surface area contributed by atoms with E-state index in [2.05, 4.69) is 5.10 Å². The predicted molar refractivity (Wildman–Crippen MR) is 61.2 cm³/mol. The summed E-state index contributed by atoms with van der Waals surface area (Å²) >= 11 is 0. The number of hydrogen-bond donors (Lipinski definition) is 1. The van der Waals surface area contributed by atoms with Gasteiger partial charge in [-0.1, -0.05) is 18.2 Å². The van der Waals surface area contributed by atoms with Gasteiger partial charge in [0.2, 0.25) is 0 Å². The van der Waals surface area contributed by atoms with Crippen molar-refractivity contribution in [1.29, 1.82) is 0 Å². The van der Waals surface area contributed by atoms with Gasteiger partial charge in [0.05, 0.1) is 22.7 Å². The minimum Gasteiger partial charge on any atom is -0.351 e. The van der Waals surface area contributed by atoms with Crippen molar-refractivity contribution in [3.8, 4) is 0 Å². The van der Waals surface area contributed by atoms with Crippen LogP contribution in [0, 0.1) is 0 Å². The van der Waals surface area contributed by atoms with E-state index in [0.717, 1.165) is 21.9 Å². The Balaban J connectivity index is 2.65. The average molecular weight is 214 g/mol. The van der Waals surface area contributed by atoms with Crippen LogP contribution in [0.25, 0.3) is 21.9 Å². The highest BCUT2D eigenvalue weighted by atomic mass is 16.2. The standard InChI is InChI=1S/C11H10N4O/c1-14-10-7-4-2-3-5-8(7)15(11(12)16)9(10)6-13-14/h2-6H,1H3,(H2,12,16). The van der Waals surface area contributed by atoms with Gasteiger partial charge in [-0.2, -0.15) is 5.10 Å². The number of aromatic nitrogens is 3. The molecule has 16 heavy (non-hydrogen) atoms. The monoisotopic (exact) mass is 214 g/mol. The molecule has 0 radical (unpaired) electrons. The first-order valence-corrected chi connectivity index (χ1v) is 4.91.